The van der Waals surface area contributed by atoms with Crippen molar-refractivity contribution in [2.75, 3.05) is 6.54 Å². The van der Waals surface area contributed by atoms with E-state index in [2.05, 4.69) is 12.3 Å². The highest BCUT2D eigenvalue weighted by Crippen LogP contribution is 2.07. The molecule has 1 N–H and O–H groups in total. The van der Waals surface area contributed by atoms with Crippen molar-refractivity contribution in [1.82, 2.24) is 10.4 Å². The molecule has 0 aliphatic rings. The Morgan fingerprint density at radius 3 is 2.17 bits per heavy atom. The van der Waals surface area contributed by atoms with Gasteiger partial charge in [-0.15, -0.1) is 0 Å². The van der Waals surface area contributed by atoms with Crippen molar-refractivity contribution in [3.05, 3.63) is 71.8 Å². The van der Waals surface area contributed by atoms with Crippen molar-refractivity contribution < 1.29 is 9.59 Å². The average Bonchev–Trinajstić information content (AvgIpc) is 2.60. The van der Waals surface area contributed by atoms with Crippen molar-refractivity contribution in [2.45, 2.75) is 26.2 Å². The number of benzene rings is 2. The molecule has 4 heteroatoms. The number of nitrogens with one attached hydrogen (secondary N) is 1. The van der Waals surface area contributed by atoms with Crippen molar-refractivity contribution in [3.8, 4) is 0 Å². The van der Waals surface area contributed by atoms with Gasteiger partial charge in [-0.05, 0) is 24.1 Å². The molecule has 0 unspecified atom stereocenters. The predicted molar refractivity (Wildman–Crippen MR) is 90.7 cm³/mol. The first-order chi connectivity index (χ1) is 11.2. The van der Waals surface area contributed by atoms with Crippen LogP contribution in [0, 0.1) is 0 Å². The van der Waals surface area contributed by atoms with E-state index in [0.29, 0.717) is 12.1 Å². The lowest BCUT2D eigenvalue weighted by atomic mass is 10.1. The summed E-state index contributed by atoms with van der Waals surface area (Å²) >= 11 is 0. The first kappa shape index (κ1) is 16.9. The van der Waals surface area contributed by atoms with Gasteiger partial charge in [0.15, 0.2) is 0 Å². The summed E-state index contributed by atoms with van der Waals surface area (Å²) in [7, 11) is 0. The van der Waals surface area contributed by atoms with Gasteiger partial charge in [-0.25, -0.2) is 10.4 Å². The second-order valence-electron chi connectivity index (χ2n) is 5.32. The van der Waals surface area contributed by atoms with Gasteiger partial charge in [-0.1, -0.05) is 61.9 Å². The largest absolute Gasteiger partial charge is 0.275 e. The van der Waals surface area contributed by atoms with Crippen molar-refractivity contribution in [2.24, 2.45) is 0 Å². The second kappa shape index (κ2) is 8.86. The maximum atomic E-state index is 12.6. The Kier molecular flexibility index (Phi) is 6.51. The first-order valence-electron chi connectivity index (χ1n) is 7.92. The molecule has 2 aromatic rings. The Morgan fingerprint density at radius 2 is 1.57 bits per heavy atom. The van der Waals surface area contributed by atoms with Crippen molar-refractivity contribution >= 4 is 11.8 Å². The van der Waals surface area contributed by atoms with E-state index >= 15 is 0 Å². The van der Waals surface area contributed by atoms with Crippen LogP contribution in [0.3, 0.4) is 0 Å². The SMILES string of the molecule is CCCCNN(C(=O)Cc1ccccc1)C(=O)c1ccccc1. The van der Waals surface area contributed by atoms with E-state index in [4.69, 9.17) is 0 Å². The third-order valence-electron chi connectivity index (χ3n) is 3.47. The van der Waals surface area contributed by atoms with Gasteiger partial charge in [0, 0.05) is 12.1 Å². The lowest BCUT2D eigenvalue weighted by molar-refractivity contribution is -0.130. The zero-order chi connectivity index (χ0) is 16.5. The van der Waals surface area contributed by atoms with Crippen LogP contribution in [0.1, 0.15) is 35.7 Å². The summed E-state index contributed by atoms with van der Waals surface area (Å²) in [6.45, 7) is 2.66. The van der Waals surface area contributed by atoms with Crippen LogP contribution in [0.15, 0.2) is 60.7 Å². The Hall–Kier alpha value is -2.46. The van der Waals surface area contributed by atoms with E-state index < -0.39 is 0 Å². The van der Waals surface area contributed by atoms with E-state index in [-0.39, 0.29) is 18.2 Å². The molecular formula is C19H22N2O2. The number of hydrogen-bond acceptors (Lipinski definition) is 3. The van der Waals surface area contributed by atoms with Gasteiger partial charge in [0.05, 0.1) is 6.42 Å². The minimum absolute atomic E-state index is 0.193. The van der Waals surface area contributed by atoms with Gasteiger partial charge < -0.3 is 0 Å². The molecule has 0 atom stereocenters. The Balaban J connectivity index is 2.12. The highest BCUT2D eigenvalue weighted by Gasteiger charge is 2.22. The fraction of sp³-hybridized carbons (Fsp3) is 0.263. The maximum absolute atomic E-state index is 12.6. The third kappa shape index (κ3) is 5.04. The van der Waals surface area contributed by atoms with Crippen LogP contribution in [0.2, 0.25) is 0 Å². The van der Waals surface area contributed by atoms with Crippen LogP contribution in [-0.4, -0.2) is 23.4 Å². The van der Waals surface area contributed by atoms with Gasteiger partial charge in [-0.3, -0.25) is 9.59 Å². The van der Waals surface area contributed by atoms with Gasteiger partial charge in [-0.2, -0.15) is 0 Å². The predicted octanol–water partition coefficient (Wildman–Crippen LogP) is 3.20. The molecule has 2 rings (SSSR count). The molecule has 0 fully saturated rings. The quantitative estimate of drug-likeness (QED) is 0.631. The smallest absolute Gasteiger partial charge is 0.273 e. The number of nitrogens with zero attached hydrogens (tertiary/aromatic N) is 1. The number of unbranched alkanes of at least 4 members (excludes halogenated alkanes) is 1. The van der Waals surface area contributed by atoms with Crippen LogP contribution >= 0.6 is 0 Å². The number of carbonyl (C=O) groups excluding carboxylic acids is 2. The summed E-state index contributed by atoms with van der Waals surface area (Å²) in [4.78, 5) is 25.2. The number of hydrogen-bond donors (Lipinski definition) is 1. The zero-order valence-electron chi connectivity index (χ0n) is 13.4. The van der Waals surface area contributed by atoms with E-state index in [1.165, 1.54) is 0 Å². The monoisotopic (exact) mass is 310 g/mol. The highest BCUT2D eigenvalue weighted by atomic mass is 16.2. The van der Waals surface area contributed by atoms with E-state index in [1.807, 2.05) is 36.4 Å². The number of amides is 2. The van der Waals surface area contributed by atoms with Gasteiger partial charge >= 0.3 is 0 Å². The molecule has 0 saturated heterocycles. The summed E-state index contributed by atoms with van der Waals surface area (Å²) in [6.07, 6.45) is 2.09. The Labute approximate surface area is 137 Å². The molecular weight excluding hydrogens is 288 g/mol. The summed E-state index contributed by atoms with van der Waals surface area (Å²) in [5.41, 5.74) is 4.36. The Bertz CT molecular complexity index is 626. The first-order valence-corrected chi connectivity index (χ1v) is 7.92. The van der Waals surface area contributed by atoms with E-state index in [9.17, 15) is 9.59 Å². The van der Waals surface area contributed by atoms with E-state index in [0.717, 1.165) is 23.4 Å². The molecule has 2 amide bonds. The summed E-state index contributed by atoms with van der Waals surface area (Å²) in [6, 6.07) is 18.3. The molecule has 0 heterocycles. The molecule has 2 aromatic carbocycles. The lowest BCUT2D eigenvalue weighted by Gasteiger charge is -2.22. The minimum Gasteiger partial charge on any atom is -0.273 e. The molecule has 120 valence electrons. The fourth-order valence-corrected chi connectivity index (χ4v) is 2.20. The molecule has 0 bridgehead atoms. The fourth-order valence-electron chi connectivity index (χ4n) is 2.20. The number of rotatable bonds is 7. The van der Waals surface area contributed by atoms with Gasteiger partial charge in [0.1, 0.15) is 0 Å². The molecule has 0 aliphatic carbocycles. The summed E-state index contributed by atoms with van der Waals surface area (Å²) in [5, 5.41) is 1.15. The van der Waals surface area contributed by atoms with Crippen LogP contribution in [-0.2, 0) is 11.2 Å². The van der Waals surface area contributed by atoms with Crippen LogP contribution in [0.5, 0.6) is 0 Å². The van der Waals surface area contributed by atoms with Gasteiger partial charge in [0.25, 0.3) is 5.91 Å². The number of imide groups is 1. The minimum atomic E-state index is -0.317. The van der Waals surface area contributed by atoms with Crippen molar-refractivity contribution in [3.63, 3.8) is 0 Å². The zero-order valence-corrected chi connectivity index (χ0v) is 13.4. The summed E-state index contributed by atoms with van der Waals surface area (Å²) < 4.78 is 0. The Morgan fingerprint density at radius 1 is 0.957 bits per heavy atom. The molecule has 4 nitrogen and oxygen atoms in total. The molecule has 0 aliphatic heterocycles. The molecule has 0 saturated carbocycles. The average molecular weight is 310 g/mol. The maximum Gasteiger partial charge on any atom is 0.275 e. The topological polar surface area (TPSA) is 49.4 Å². The summed E-state index contributed by atoms with van der Waals surface area (Å²) in [5.74, 6) is -0.566. The molecule has 0 aromatic heterocycles. The van der Waals surface area contributed by atoms with Crippen molar-refractivity contribution in [1.29, 1.82) is 0 Å². The number of carbonyl (C=O) groups is 2. The van der Waals surface area contributed by atoms with Crippen LogP contribution < -0.4 is 5.43 Å². The standard InChI is InChI=1S/C19H22N2O2/c1-2-3-14-20-21(19(23)17-12-8-5-9-13-17)18(22)15-16-10-6-4-7-11-16/h4-13,20H,2-3,14-15H2,1H3. The van der Waals surface area contributed by atoms with Crippen LogP contribution in [0.4, 0.5) is 0 Å². The van der Waals surface area contributed by atoms with Gasteiger partial charge in [0.2, 0.25) is 5.91 Å². The van der Waals surface area contributed by atoms with Crippen LogP contribution in [0.25, 0.3) is 0 Å². The third-order valence-corrected chi connectivity index (χ3v) is 3.47. The normalized spacial score (nSPS) is 10.3. The highest BCUT2D eigenvalue weighted by molar-refractivity contribution is 6.04. The van der Waals surface area contributed by atoms with E-state index in [1.54, 1.807) is 24.3 Å². The molecule has 0 radical (unpaired) electrons. The second-order valence-corrected chi connectivity index (χ2v) is 5.32. The lowest BCUT2D eigenvalue weighted by Crippen LogP contribution is -2.48. The molecule has 0 spiro atoms. The molecule has 23 heavy (non-hydrogen) atoms. The number of hydrazine groups is 1.